The Balaban J connectivity index is 1.58. The molecule has 5 rings (SSSR count). The number of non-ortho nitro benzene ring substituents is 1. The van der Waals surface area contributed by atoms with E-state index in [1.165, 1.54) is 17.2 Å². The molecule has 8 nitrogen and oxygen atoms in total. The zero-order chi connectivity index (χ0) is 22.4. The first kappa shape index (κ1) is 20.3. The van der Waals surface area contributed by atoms with E-state index < -0.39 is 28.9 Å². The number of carbonyl (C=O) groups excluding carboxylic acids is 2. The van der Waals surface area contributed by atoms with Crippen LogP contribution >= 0.6 is 15.9 Å². The normalized spacial score (nSPS) is 22.3. The average Bonchev–Trinajstić information content (AvgIpc) is 3.31. The Kier molecular flexibility index (Phi) is 4.99. The fraction of sp³-hybridized carbons (Fsp3) is 0.130. The SMILES string of the molecule is O=C1[C@H]2[C@H](ON(c3cccc([N+](=O)[O-])c3)[C@H]2c2ccccc2)C(=O)N1c1ccc(Br)cc1. The van der Waals surface area contributed by atoms with Gasteiger partial charge in [-0.05, 0) is 35.9 Å². The lowest BCUT2D eigenvalue weighted by molar-refractivity contribution is -0.384. The molecule has 2 fully saturated rings. The average molecular weight is 494 g/mol. The van der Waals surface area contributed by atoms with Crippen LogP contribution in [0.4, 0.5) is 17.1 Å². The van der Waals surface area contributed by atoms with Crippen LogP contribution in [0.1, 0.15) is 11.6 Å². The van der Waals surface area contributed by atoms with E-state index >= 15 is 0 Å². The lowest BCUT2D eigenvalue weighted by Crippen LogP contribution is -2.37. The highest BCUT2D eigenvalue weighted by Crippen LogP contribution is 2.47. The molecule has 0 spiro atoms. The van der Waals surface area contributed by atoms with E-state index in [1.54, 1.807) is 36.4 Å². The molecule has 0 saturated carbocycles. The van der Waals surface area contributed by atoms with Crippen LogP contribution in [0.25, 0.3) is 0 Å². The van der Waals surface area contributed by atoms with Crippen LogP contribution in [0, 0.1) is 16.0 Å². The van der Waals surface area contributed by atoms with Crippen LogP contribution in [0.2, 0.25) is 0 Å². The van der Waals surface area contributed by atoms with Gasteiger partial charge in [0.15, 0.2) is 6.10 Å². The molecule has 9 heteroatoms. The zero-order valence-electron chi connectivity index (χ0n) is 16.5. The van der Waals surface area contributed by atoms with Crippen molar-refractivity contribution in [1.82, 2.24) is 0 Å². The molecule has 0 unspecified atom stereocenters. The van der Waals surface area contributed by atoms with E-state index in [-0.39, 0.29) is 11.6 Å². The first-order valence-corrected chi connectivity index (χ1v) is 10.6. The standard InChI is InChI=1S/C23H16BrN3O5/c24-15-9-11-16(12-10-15)25-22(28)19-20(14-5-2-1-3-6-14)26(32-21(19)23(25)29)17-7-4-8-18(13-17)27(30)31/h1-13,19-21H/t19-,20+,21+/m1/s1. The predicted octanol–water partition coefficient (Wildman–Crippen LogP) is 4.41. The number of fused-ring (bicyclic) bond motifs is 1. The molecule has 2 amide bonds. The lowest BCUT2D eigenvalue weighted by Gasteiger charge is -2.28. The van der Waals surface area contributed by atoms with E-state index in [0.29, 0.717) is 11.4 Å². The third-order valence-electron chi connectivity index (χ3n) is 5.64. The number of imide groups is 1. The highest BCUT2D eigenvalue weighted by atomic mass is 79.9. The number of benzene rings is 3. The largest absolute Gasteiger partial charge is 0.273 e. The quantitative estimate of drug-likeness (QED) is 0.303. The Labute approximate surface area is 191 Å². The van der Waals surface area contributed by atoms with Crippen molar-refractivity contribution in [1.29, 1.82) is 0 Å². The van der Waals surface area contributed by atoms with Crippen molar-refractivity contribution in [2.24, 2.45) is 5.92 Å². The van der Waals surface area contributed by atoms with Crippen LogP contribution in [0.3, 0.4) is 0 Å². The Morgan fingerprint density at radius 2 is 1.59 bits per heavy atom. The summed E-state index contributed by atoms with van der Waals surface area (Å²) >= 11 is 3.36. The van der Waals surface area contributed by atoms with Gasteiger partial charge in [0.25, 0.3) is 11.6 Å². The van der Waals surface area contributed by atoms with Crippen LogP contribution in [0.15, 0.2) is 83.3 Å². The molecule has 3 aromatic rings. The molecule has 32 heavy (non-hydrogen) atoms. The highest BCUT2D eigenvalue weighted by molar-refractivity contribution is 9.10. The molecule has 0 aliphatic carbocycles. The van der Waals surface area contributed by atoms with Gasteiger partial charge in [0, 0.05) is 16.6 Å². The summed E-state index contributed by atoms with van der Waals surface area (Å²) in [5, 5.41) is 12.7. The zero-order valence-corrected chi connectivity index (χ0v) is 18.1. The molecular weight excluding hydrogens is 478 g/mol. The third kappa shape index (κ3) is 3.26. The second-order valence-electron chi connectivity index (χ2n) is 7.50. The van der Waals surface area contributed by atoms with Gasteiger partial charge in [-0.25, -0.2) is 9.96 Å². The van der Waals surface area contributed by atoms with Gasteiger partial charge in [-0.3, -0.25) is 24.5 Å². The van der Waals surface area contributed by atoms with Gasteiger partial charge in [-0.2, -0.15) is 0 Å². The molecule has 2 aliphatic heterocycles. The minimum atomic E-state index is -1.03. The number of halogens is 1. The van der Waals surface area contributed by atoms with Gasteiger partial charge in [0.1, 0.15) is 5.92 Å². The first-order valence-electron chi connectivity index (χ1n) is 9.84. The summed E-state index contributed by atoms with van der Waals surface area (Å²) in [7, 11) is 0. The number of nitrogens with zero attached hydrogens (tertiary/aromatic N) is 3. The van der Waals surface area contributed by atoms with E-state index in [4.69, 9.17) is 4.84 Å². The number of nitro groups is 1. The maximum Gasteiger partial charge on any atom is 0.271 e. The van der Waals surface area contributed by atoms with E-state index in [0.717, 1.165) is 14.9 Å². The molecule has 2 heterocycles. The summed E-state index contributed by atoms with van der Waals surface area (Å²) in [5.74, 6) is -1.63. The Bertz CT molecular complexity index is 1220. The monoisotopic (exact) mass is 493 g/mol. The van der Waals surface area contributed by atoms with Crippen molar-refractivity contribution >= 4 is 44.8 Å². The molecule has 0 bridgehead atoms. The molecule has 3 atom stereocenters. The van der Waals surface area contributed by atoms with Crippen molar-refractivity contribution in [3.8, 4) is 0 Å². The first-order chi connectivity index (χ1) is 15.5. The van der Waals surface area contributed by atoms with Gasteiger partial charge in [-0.1, -0.05) is 52.3 Å². The number of hydrogen-bond donors (Lipinski definition) is 0. The van der Waals surface area contributed by atoms with Crippen molar-refractivity contribution < 1.29 is 19.3 Å². The van der Waals surface area contributed by atoms with Crippen molar-refractivity contribution in [3.63, 3.8) is 0 Å². The summed E-state index contributed by atoms with van der Waals surface area (Å²) in [4.78, 5) is 44.7. The summed E-state index contributed by atoms with van der Waals surface area (Å²) in [6, 6.07) is 21.4. The molecule has 2 aliphatic rings. The van der Waals surface area contributed by atoms with E-state index in [1.807, 2.05) is 30.3 Å². The summed E-state index contributed by atoms with van der Waals surface area (Å²) in [6.07, 6.45) is -1.03. The fourth-order valence-corrected chi connectivity index (χ4v) is 4.48. The number of anilines is 2. The maximum atomic E-state index is 13.5. The summed E-state index contributed by atoms with van der Waals surface area (Å²) < 4.78 is 0.829. The molecule has 0 aromatic heterocycles. The smallest absolute Gasteiger partial charge is 0.271 e. The van der Waals surface area contributed by atoms with Gasteiger partial charge in [0.2, 0.25) is 5.91 Å². The van der Waals surface area contributed by atoms with E-state index in [9.17, 15) is 19.7 Å². The van der Waals surface area contributed by atoms with Crippen LogP contribution < -0.4 is 9.96 Å². The van der Waals surface area contributed by atoms with Crippen molar-refractivity contribution in [2.45, 2.75) is 12.1 Å². The molecular formula is C23H16BrN3O5. The van der Waals surface area contributed by atoms with Gasteiger partial charge >= 0.3 is 0 Å². The second-order valence-corrected chi connectivity index (χ2v) is 8.41. The Morgan fingerprint density at radius 3 is 2.28 bits per heavy atom. The number of amides is 2. The van der Waals surface area contributed by atoms with Crippen LogP contribution in [0.5, 0.6) is 0 Å². The van der Waals surface area contributed by atoms with Gasteiger partial charge < -0.3 is 0 Å². The molecule has 0 N–H and O–H groups in total. The number of rotatable bonds is 4. The molecule has 2 saturated heterocycles. The fourth-order valence-electron chi connectivity index (χ4n) is 4.22. The van der Waals surface area contributed by atoms with Crippen molar-refractivity contribution in [2.75, 3.05) is 9.96 Å². The van der Waals surface area contributed by atoms with Crippen LogP contribution in [-0.2, 0) is 14.4 Å². The summed E-state index contributed by atoms with van der Waals surface area (Å²) in [6.45, 7) is 0. The number of hydrogen-bond acceptors (Lipinski definition) is 6. The molecule has 0 radical (unpaired) electrons. The number of nitro benzene ring substituents is 1. The second kappa shape index (κ2) is 7.85. The highest BCUT2D eigenvalue weighted by Gasteiger charge is 2.60. The van der Waals surface area contributed by atoms with Crippen molar-refractivity contribution in [3.05, 3.63) is 99.0 Å². The van der Waals surface area contributed by atoms with Gasteiger partial charge in [0.05, 0.1) is 22.3 Å². The minimum Gasteiger partial charge on any atom is -0.273 e. The topological polar surface area (TPSA) is 93.0 Å². The Morgan fingerprint density at radius 1 is 0.875 bits per heavy atom. The van der Waals surface area contributed by atoms with Gasteiger partial charge in [-0.15, -0.1) is 0 Å². The van der Waals surface area contributed by atoms with E-state index in [2.05, 4.69) is 15.9 Å². The third-order valence-corrected chi connectivity index (χ3v) is 6.17. The van der Waals surface area contributed by atoms with Crippen LogP contribution in [-0.4, -0.2) is 22.8 Å². The molecule has 160 valence electrons. The maximum absolute atomic E-state index is 13.5. The Hall–Kier alpha value is -3.56. The molecule has 3 aromatic carbocycles. The minimum absolute atomic E-state index is 0.107. The summed E-state index contributed by atoms with van der Waals surface area (Å²) in [5.41, 5.74) is 1.53. The number of hydroxylamine groups is 1. The lowest BCUT2D eigenvalue weighted by atomic mass is 9.90. The number of carbonyl (C=O) groups is 2. The predicted molar refractivity (Wildman–Crippen MR) is 120 cm³/mol.